The Hall–Kier alpha value is -2.63. The van der Waals surface area contributed by atoms with E-state index in [0.29, 0.717) is 11.3 Å². The zero-order chi connectivity index (χ0) is 13.8. The van der Waals surface area contributed by atoms with Crippen molar-refractivity contribution in [2.75, 3.05) is 0 Å². The summed E-state index contributed by atoms with van der Waals surface area (Å²) in [6.07, 6.45) is 0. The molecule has 0 aliphatic rings. The van der Waals surface area contributed by atoms with Gasteiger partial charge in [-0.1, -0.05) is 11.2 Å². The molecule has 1 aromatic carbocycles. The number of nitrogens with zero attached hydrogens (tertiary/aromatic N) is 2. The molecule has 0 saturated heterocycles. The van der Waals surface area contributed by atoms with Gasteiger partial charge in [-0.2, -0.15) is 0 Å². The van der Waals surface area contributed by atoms with Crippen molar-refractivity contribution in [1.82, 2.24) is 4.98 Å². The number of halogens is 1. The number of pyridine rings is 1. The largest absolute Gasteiger partial charge is 0.438 e. The lowest BCUT2D eigenvalue weighted by atomic mass is 10.2. The summed E-state index contributed by atoms with van der Waals surface area (Å²) in [6.45, 7) is 1.77. The maximum absolute atomic E-state index is 13.1. The van der Waals surface area contributed by atoms with E-state index in [-0.39, 0.29) is 17.5 Å². The first-order valence-electron chi connectivity index (χ1n) is 5.49. The number of nitrogens with two attached hydrogens (primary N) is 1. The van der Waals surface area contributed by atoms with Gasteiger partial charge in [0.2, 0.25) is 5.88 Å². The second-order valence-corrected chi connectivity index (χ2v) is 3.85. The number of oxime groups is 1. The highest BCUT2D eigenvalue weighted by Gasteiger charge is 2.11. The van der Waals surface area contributed by atoms with E-state index in [1.807, 2.05) is 0 Å². The van der Waals surface area contributed by atoms with Crippen molar-refractivity contribution < 1.29 is 14.3 Å². The summed E-state index contributed by atoms with van der Waals surface area (Å²) < 4.78 is 18.6. The summed E-state index contributed by atoms with van der Waals surface area (Å²) in [6, 6.07) is 8.95. The fraction of sp³-hybridized carbons (Fsp3) is 0.0769. The molecular formula is C13H12FN3O2. The first-order valence-corrected chi connectivity index (χ1v) is 5.49. The maximum atomic E-state index is 13.1. The van der Waals surface area contributed by atoms with Gasteiger partial charge in [0, 0.05) is 11.8 Å². The van der Waals surface area contributed by atoms with Gasteiger partial charge in [-0.05, 0) is 31.2 Å². The van der Waals surface area contributed by atoms with Crippen LogP contribution in [-0.4, -0.2) is 16.0 Å². The van der Waals surface area contributed by atoms with Crippen molar-refractivity contribution in [1.29, 1.82) is 0 Å². The van der Waals surface area contributed by atoms with Crippen molar-refractivity contribution in [3.63, 3.8) is 0 Å². The van der Waals surface area contributed by atoms with E-state index < -0.39 is 5.82 Å². The Morgan fingerprint density at radius 2 is 2.16 bits per heavy atom. The summed E-state index contributed by atoms with van der Waals surface area (Å²) >= 11 is 0. The Balaban J connectivity index is 2.41. The topological polar surface area (TPSA) is 80.7 Å². The predicted molar refractivity (Wildman–Crippen MR) is 68.0 cm³/mol. The highest BCUT2D eigenvalue weighted by atomic mass is 19.1. The van der Waals surface area contributed by atoms with Gasteiger partial charge in [-0.15, -0.1) is 0 Å². The minimum absolute atomic E-state index is 0.126. The average Bonchev–Trinajstić information content (AvgIpc) is 2.38. The van der Waals surface area contributed by atoms with Crippen LogP contribution in [0.15, 0.2) is 41.6 Å². The molecule has 5 nitrogen and oxygen atoms in total. The van der Waals surface area contributed by atoms with Gasteiger partial charge in [0.25, 0.3) is 0 Å². The fourth-order valence-corrected chi connectivity index (χ4v) is 1.50. The van der Waals surface area contributed by atoms with Gasteiger partial charge in [0.05, 0.1) is 5.56 Å². The molecule has 0 saturated carbocycles. The molecule has 0 unspecified atom stereocenters. The predicted octanol–water partition coefficient (Wildman–Crippen LogP) is 2.42. The summed E-state index contributed by atoms with van der Waals surface area (Å²) in [5.74, 6) is -0.111. The molecule has 0 aliphatic heterocycles. The molecule has 0 spiro atoms. The van der Waals surface area contributed by atoms with E-state index in [1.165, 1.54) is 18.2 Å². The van der Waals surface area contributed by atoms with Crippen LogP contribution >= 0.6 is 0 Å². The van der Waals surface area contributed by atoms with Crippen LogP contribution in [0.3, 0.4) is 0 Å². The molecule has 0 fully saturated rings. The first-order chi connectivity index (χ1) is 9.10. The number of hydrogen-bond acceptors (Lipinski definition) is 4. The van der Waals surface area contributed by atoms with Gasteiger partial charge >= 0.3 is 0 Å². The molecule has 0 amide bonds. The Labute approximate surface area is 109 Å². The molecule has 2 aromatic rings. The second kappa shape index (κ2) is 5.34. The quantitative estimate of drug-likeness (QED) is 0.385. The molecular weight excluding hydrogens is 249 g/mol. The van der Waals surface area contributed by atoms with Gasteiger partial charge in [-0.3, -0.25) is 0 Å². The minimum atomic E-state index is -0.421. The number of hydrogen-bond donors (Lipinski definition) is 2. The summed E-state index contributed by atoms with van der Waals surface area (Å²) in [5, 5.41) is 11.6. The molecule has 0 aliphatic carbocycles. The molecule has 98 valence electrons. The van der Waals surface area contributed by atoms with Crippen LogP contribution < -0.4 is 10.5 Å². The normalized spacial score (nSPS) is 11.4. The number of ether oxygens (including phenoxy) is 1. The van der Waals surface area contributed by atoms with Crippen LogP contribution in [0.5, 0.6) is 11.6 Å². The van der Waals surface area contributed by atoms with E-state index in [0.717, 1.165) is 0 Å². The number of amidine groups is 1. The van der Waals surface area contributed by atoms with Gasteiger partial charge in [-0.25, -0.2) is 9.37 Å². The van der Waals surface area contributed by atoms with E-state index in [9.17, 15) is 4.39 Å². The Morgan fingerprint density at radius 3 is 2.84 bits per heavy atom. The Bertz CT molecular complexity index is 629. The van der Waals surface area contributed by atoms with Crippen LogP contribution in [0, 0.1) is 12.7 Å². The lowest BCUT2D eigenvalue weighted by molar-refractivity contribution is 0.318. The van der Waals surface area contributed by atoms with E-state index in [4.69, 9.17) is 15.7 Å². The smallest absolute Gasteiger partial charge is 0.230 e. The SMILES string of the molecule is Cc1ccc(C(N)=NO)c(Oc2cccc(F)c2)n1. The third-order valence-corrected chi connectivity index (χ3v) is 2.39. The minimum Gasteiger partial charge on any atom is -0.438 e. The molecule has 3 N–H and O–H groups in total. The molecule has 0 bridgehead atoms. The highest BCUT2D eigenvalue weighted by molar-refractivity contribution is 5.99. The number of aromatic nitrogens is 1. The molecule has 1 aromatic heterocycles. The highest BCUT2D eigenvalue weighted by Crippen LogP contribution is 2.24. The van der Waals surface area contributed by atoms with Crippen molar-refractivity contribution in [2.45, 2.75) is 6.92 Å². The van der Waals surface area contributed by atoms with E-state index in [2.05, 4.69) is 10.1 Å². The molecule has 19 heavy (non-hydrogen) atoms. The van der Waals surface area contributed by atoms with Gasteiger partial charge in [0.15, 0.2) is 5.84 Å². The lowest BCUT2D eigenvalue weighted by Crippen LogP contribution is -2.15. The van der Waals surface area contributed by atoms with Crippen LogP contribution in [-0.2, 0) is 0 Å². The fourth-order valence-electron chi connectivity index (χ4n) is 1.50. The Morgan fingerprint density at radius 1 is 1.37 bits per heavy atom. The van der Waals surface area contributed by atoms with Gasteiger partial charge in [0.1, 0.15) is 11.6 Å². The summed E-state index contributed by atoms with van der Waals surface area (Å²) in [7, 11) is 0. The second-order valence-electron chi connectivity index (χ2n) is 3.85. The molecule has 2 rings (SSSR count). The zero-order valence-electron chi connectivity index (χ0n) is 10.2. The van der Waals surface area contributed by atoms with Crippen LogP contribution in [0.2, 0.25) is 0 Å². The van der Waals surface area contributed by atoms with Crippen LogP contribution in [0.1, 0.15) is 11.3 Å². The zero-order valence-corrected chi connectivity index (χ0v) is 10.2. The molecule has 0 radical (unpaired) electrons. The van der Waals surface area contributed by atoms with Gasteiger partial charge < -0.3 is 15.7 Å². The number of rotatable bonds is 3. The van der Waals surface area contributed by atoms with E-state index >= 15 is 0 Å². The third kappa shape index (κ3) is 2.98. The maximum Gasteiger partial charge on any atom is 0.230 e. The standard InChI is InChI=1S/C13H12FN3O2/c1-8-5-6-11(12(15)17-18)13(16-8)19-10-4-2-3-9(14)7-10/h2-7,18H,1H3,(H2,15,17). The van der Waals surface area contributed by atoms with Crippen LogP contribution in [0.4, 0.5) is 4.39 Å². The molecule has 6 heteroatoms. The van der Waals surface area contributed by atoms with Crippen molar-refractivity contribution in [3.8, 4) is 11.6 Å². The summed E-state index contributed by atoms with van der Waals surface area (Å²) in [5.41, 5.74) is 6.56. The Kier molecular flexibility index (Phi) is 3.61. The van der Waals surface area contributed by atoms with Crippen molar-refractivity contribution in [2.24, 2.45) is 10.9 Å². The molecule has 1 heterocycles. The molecule has 0 atom stereocenters. The average molecular weight is 261 g/mol. The summed E-state index contributed by atoms with van der Waals surface area (Å²) in [4.78, 5) is 4.15. The number of benzene rings is 1. The van der Waals surface area contributed by atoms with Crippen molar-refractivity contribution >= 4 is 5.84 Å². The van der Waals surface area contributed by atoms with Crippen molar-refractivity contribution in [3.05, 3.63) is 53.5 Å². The first kappa shape index (κ1) is 12.8. The lowest BCUT2D eigenvalue weighted by Gasteiger charge is -2.09. The number of aryl methyl sites for hydroxylation is 1. The van der Waals surface area contributed by atoms with Crippen LogP contribution in [0.25, 0.3) is 0 Å². The monoisotopic (exact) mass is 261 g/mol. The van der Waals surface area contributed by atoms with E-state index in [1.54, 1.807) is 25.1 Å². The third-order valence-electron chi connectivity index (χ3n) is 2.39.